The van der Waals surface area contributed by atoms with Gasteiger partial charge in [0.05, 0.1) is 20.8 Å². The third-order valence-corrected chi connectivity index (χ3v) is 3.32. The Balaban J connectivity index is 2.80. The lowest BCUT2D eigenvalue weighted by Gasteiger charge is -2.19. The van der Waals surface area contributed by atoms with E-state index in [1.165, 1.54) is 11.0 Å². The van der Waals surface area contributed by atoms with E-state index >= 15 is 0 Å². The van der Waals surface area contributed by atoms with E-state index in [0.29, 0.717) is 18.0 Å². The highest BCUT2D eigenvalue weighted by Gasteiger charge is 2.14. The molecule has 0 unspecified atom stereocenters. The quantitative estimate of drug-likeness (QED) is 0.739. The van der Waals surface area contributed by atoms with Gasteiger partial charge in [0.1, 0.15) is 11.5 Å². The number of hydrogen-bond acceptors (Lipinski definition) is 4. The summed E-state index contributed by atoms with van der Waals surface area (Å²) in [6, 6.07) is 5.40. The molecule has 0 fully saturated rings. The number of carbonyl (C=O) groups is 2. The maximum absolute atomic E-state index is 12.3. The SMILES string of the molecule is CCN(CC(=O)NC(C)C)C(=O)/C=C/c1ccc(OC)cc1OC. The van der Waals surface area contributed by atoms with Crippen LogP contribution >= 0.6 is 0 Å². The van der Waals surface area contributed by atoms with Crippen molar-refractivity contribution in [3.05, 3.63) is 29.8 Å². The molecule has 0 heterocycles. The first kappa shape index (κ1) is 19.5. The summed E-state index contributed by atoms with van der Waals surface area (Å²) in [7, 11) is 3.14. The van der Waals surface area contributed by atoms with Crippen molar-refractivity contribution in [2.75, 3.05) is 27.3 Å². The molecule has 1 N–H and O–H groups in total. The molecule has 6 nitrogen and oxygen atoms in total. The first-order valence-corrected chi connectivity index (χ1v) is 7.89. The number of likely N-dealkylation sites (N-methyl/N-ethyl adjacent to an activating group) is 1. The molecule has 132 valence electrons. The molecular weight excluding hydrogens is 308 g/mol. The summed E-state index contributed by atoms with van der Waals surface area (Å²) in [6.07, 6.45) is 3.11. The first-order valence-electron chi connectivity index (χ1n) is 7.89. The largest absolute Gasteiger partial charge is 0.497 e. The number of nitrogens with zero attached hydrogens (tertiary/aromatic N) is 1. The number of nitrogens with one attached hydrogen (secondary N) is 1. The zero-order valence-electron chi connectivity index (χ0n) is 15.0. The number of rotatable bonds is 8. The van der Waals surface area contributed by atoms with E-state index in [-0.39, 0.29) is 24.4 Å². The van der Waals surface area contributed by atoms with Crippen molar-refractivity contribution in [1.29, 1.82) is 0 Å². The van der Waals surface area contributed by atoms with Gasteiger partial charge in [-0.3, -0.25) is 9.59 Å². The van der Waals surface area contributed by atoms with E-state index in [2.05, 4.69) is 5.32 Å². The smallest absolute Gasteiger partial charge is 0.247 e. The minimum Gasteiger partial charge on any atom is -0.497 e. The lowest BCUT2D eigenvalue weighted by atomic mass is 10.1. The number of methoxy groups -OCH3 is 2. The molecule has 1 aromatic rings. The summed E-state index contributed by atoms with van der Waals surface area (Å²) in [6.45, 7) is 6.09. The summed E-state index contributed by atoms with van der Waals surface area (Å²) >= 11 is 0. The van der Waals surface area contributed by atoms with Crippen LogP contribution in [0.3, 0.4) is 0 Å². The molecule has 0 aromatic heterocycles. The van der Waals surface area contributed by atoms with Crippen LogP contribution in [0.2, 0.25) is 0 Å². The van der Waals surface area contributed by atoms with E-state index in [0.717, 1.165) is 5.56 Å². The minimum absolute atomic E-state index is 0.0393. The molecule has 0 radical (unpaired) electrons. The molecule has 2 amide bonds. The fraction of sp³-hybridized carbons (Fsp3) is 0.444. The van der Waals surface area contributed by atoms with Gasteiger partial charge in [0.25, 0.3) is 0 Å². The van der Waals surface area contributed by atoms with Crippen molar-refractivity contribution >= 4 is 17.9 Å². The number of amides is 2. The minimum atomic E-state index is -0.228. The molecule has 0 spiro atoms. The van der Waals surface area contributed by atoms with Crippen LogP contribution in [0, 0.1) is 0 Å². The van der Waals surface area contributed by atoms with Crippen LogP contribution in [0.4, 0.5) is 0 Å². The maximum atomic E-state index is 12.3. The number of carbonyl (C=O) groups excluding carboxylic acids is 2. The molecule has 0 bridgehead atoms. The predicted octanol–water partition coefficient (Wildman–Crippen LogP) is 2.09. The van der Waals surface area contributed by atoms with Gasteiger partial charge in [-0.25, -0.2) is 0 Å². The summed E-state index contributed by atoms with van der Waals surface area (Å²) in [4.78, 5) is 25.6. The molecule has 0 aliphatic heterocycles. The van der Waals surface area contributed by atoms with Gasteiger partial charge in [-0.1, -0.05) is 0 Å². The van der Waals surface area contributed by atoms with Gasteiger partial charge in [-0.2, -0.15) is 0 Å². The van der Waals surface area contributed by atoms with E-state index in [4.69, 9.17) is 9.47 Å². The van der Waals surface area contributed by atoms with Crippen LogP contribution in [-0.4, -0.2) is 50.1 Å². The molecule has 24 heavy (non-hydrogen) atoms. The van der Waals surface area contributed by atoms with Gasteiger partial charge >= 0.3 is 0 Å². The van der Waals surface area contributed by atoms with Crippen LogP contribution in [0.5, 0.6) is 11.5 Å². The highest BCUT2D eigenvalue weighted by atomic mass is 16.5. The van der Waals surface area contributed by atoms with Gasteiger partial charge in [-0.15, -0.1) is 0 Å². The van der Waals surface area contributed by atoms with Crippen molar-refractivity contribution in [3.8, 4) is 11.5 Å². The van der Waals surface area contributed by atoms with Crippen molar-refractivity contribution in [3.63, 3.8) is 0 Å². The fourth-order valence-electron chi connectivity index (χ4n) is 2.11. The number of ether oxygens (including phenoxy) is 2. The number of hydrogen-bond donors (Lipinski definition) is 1. The van der Waals surface area contributed by atoms with Gasteiger partial charge in [0.2, 0.25) is 11.8 Å². The molecule has 0 saturated heterocycles. The van der Waals surface area contributed by atoms with Crippen LogP contribution < -0.4 is 14.8 Å². The molecule has 0 aliphatic carbocycles. The third-order valence-electron chi connectivity index (χ3n) is 3.32. The Morgan fingerprint density at radius 2 is 1.96 bits per heavy atom. The highest BCUT2D eigenvalue weighted by molar-refractivity contribution is 5.94. The standard InChI is InChI=1S/C18H26N2O4/c1-6-20(12-17(21)19-13(2)3)18(22)10-8-14-7-9-15(23-4)11-16(14)24-5/h7-11,13H,6,12H2,1-5H3,(H,19,21)/b10-8+. The topological polar surface area (TPSA) is 67.9 Å². The molecule has 6 heteroatoms. The molecule has 1 aromatic carbocycles. The van der Waals surface area contributed by atoms with E-state index < -0.39 is 0 Å². The average Bonchev–Trinajstić information content (AvgIpc) is 2.56. The Morgan fingerprint density at radius 1 is 1.25 bits per heavy atom. The lowest BCUT2D eigenvalue weighted by Crippen LogP contribution is -2.42. The van der Waals surface area contributed by atoms with Crippen molar-refractivity contribution in [2.45, 2.75) is 26.8 Å². The van der Waals surface area contributed by atoms with E-state index in [9.17, 15) is 9.59 Å². The van der Waals surface area contributed by atoms with Crippen LogP contribution in [0.1, 0.15) is 26.3 Å². The van der Waals surface area contributed by atoms with Gasteiger partial charge < -0.3 is 19.7 Å². The molecular formula is C18H26N2O4. The lowest BCUT2D eigenvalue weighted by molar-refractivity contribution is -0.132. The van der Waals surface area contributed by atoms with Crippen LogP contribution in [0.25, 0.3) is 6.08 Å². The van der Waals surface area contributed by atoms with Crippen LogP contribution in [-0.2, 0) is 9.59 Å². The summed E-state index contributed by atoms with van der Waals surface area (Å²) in [5, 5.41) is 2.78. The summed E-state index contributed by atoms with van der Waals surface area (Å²) in [5.74, 6) is 0.889. The Hall–Kier alpha value is -2.50. The Kier molecular flexibility index (Phi) is 7.82. The zero-order chi connectivity index (χ0) is 18.1. The third kappa shape index (κ3) is 5.95. The molecule has 1 rings (SSSR count). The fourth-order valence-corrected chi connectivity index (χ4v) is 2.11. The van der Waals surface area contributed by atoms with Crippen LogP contribution in [0.15, 0.2) is 24.3 Å². The van der Waals surface area contributed by atoms with Gasteiger partial charge in [0, 0.05) is 30.3 Å². The second-order valence-electron chi connectivity index (χ2n) is 5.52. The second-order valence-corrected chi connectivity index (χ2v) is 5.52. The average molecular weight is 334 g/mol. The summed E-state index contributed by atoms with van der Waals surface area (Å²) < 4.78 is 10.4. The monoisotopic (exact) mass is 334 g/mol. The maximum Gasteiger partial charge on any atom is 0.247 e. The summed E-state index contributed by atoms with van der Waals surface area (Å²) in [5.41, 5.74) is 0.759. The predicted molar refractivity (Wildman–Crippen MR) is 94.1 cm³/mol. The molecule has 0 saturated carbocycles. The van der Waals surface area contributed by atoms with Gasteiger partial charge in [0.15, 0.2) is 0 Å². The van der Waals surface area contributed by atoms with Crippen molar-refractivity contribution in [2.24, 2.45) is 0 Å². The van der Waals surface area contributed by atoms with E-state index in [1.807, 2.05) is 26.8 Å². The van der Waals surface area contributed by atoms with Crippen molar-refractivity contribution in [1.82, 2.24) is 10.2 Å². The van der Waals surface area contributed by atoms with Gasteiger partial charge in [-0.05, 0) is 39.0 Å². The Labute approximate surface area is 143 Å². The normalized spacial score (nSPS) is 10.8. The number of benzene rings is 1. The molecule has 0 aliphatic rings. The Bertz CT molecular complexity index is 597. The highest BCUT2D eigenvalue weighted by Crippen LogP contribution is 2.25. The zero-order valence-corrected chi connectivity index (χ0v) is 15.0. The second kappa shape index (κ2) is 9.60. The Morgan fingerprint density at radius 3 is 2.50 bits per heavy atom. The van der Waals surface area contributed by atoms with E-state index in [1.54, 1.807) is 32.4 Å². The van der Waals surface area contributed by atoms with Crippen molar-refractivity contribution < 1.29 is 19.1 Å². The first-order chi connectivity index (χ1) is 11.4. The molecule has 0 atom stereocenters.